The van der Waals surface area contributed by atoms with Crippen molar-refractivity contribution in [3.63, 3.8) is 0 Å². The number of nitrogens with one attached hydrogen (secondary N) is 1. The number of nitrogens with zero attached hydrogens (tertiary/aromatic N) is 1. The van der Waals surface area contributed by atoms with Crippen molar-refractivity contribution >= 4 is 15.9 Å². The van der Waals surface area contributed by atoms with Crippen molar-refractivity contribution in [2.24, 2.45) is 0 Å². The zero-order valence-corrected chi connectivity index (χ0v) is 14.4. The second kappa shape index (κ2) is 6.01. The summed E-state index contributed by atoms with van der Waals surface area (Å²) in [5.74, 6) is 0.0363. The highest BCUT2D eigenvalue weighted by atomic mass is 32.2. The van der Waals surface area contributed by atoms with Crippen molar-refractivity contribution in [2.75, 3.05) is 19.3 Å². The zero-order valence-electron chi connectivity index (χ0n) is 13.6. The Morgan fingerprint density at radius 3 is 2.41 bits per heavy atom. The number of sulfonamides is 1. The maximum absolute atomic E-state index is 12.8. The summed E-state index contributed by atoms with van der Waals surface area (Å²) in [7, 11) is -3.24. The summed E-state index contributed by atoms with van der Waals surface area (Å²) in [6.45, 7) is 6.86. The zero-order chi connectivity index (χ0) is 16.5. The van der Waals surface area contributed by atoms with Crippen molar-refractivity contribution in [3.05, 3.63) is 35.4 Å². The van der Waals surface area contributed by atoms with E-state index in [1.165, 1.54) is 0 Å². The molecule has 0 saturated carbocycles. The maximum atomic E-state index is 12.8. The SMILES string of the molecule is Cc1ccc(C(C)(C)C(=O)N2CCC(NS(C)(=O)=O)C2)cc1. The van der Waals surface area contributed by atoms with Crippen LogP contribution in [0.5, 0.6) is 0 Å². The van der Waals surface area contributed by atoms with Gasteiger partial charge in [-0.2, -0.15) is 0 Å². The minimum Gasteiger partial charge on any atom is -0.340 e. The molecule has 0 aliphatic carbocycles. The maximum Gasteiger partial charge on any atom is 0.232 e. The molecular formula is C16H24N2O3S. The molecule has 1 aliphatic heterocycles. The predicted molar refractivity (Wildman–Crippen MR) is 87.2 cm³/mol. The van der Waals surface area contributed by atoms with Crippen LogP contribution in [0, 0.1) is 6.92 Å². The number of hydrogen-bond acceptors (Lipinski definition) is 3. The number of benzene rings is 1. The van der Waals surface area contributed by atoms with Crippen LogP contribution in [0.1, 0.15) is 31.4 Å². The quantitative estimate of drug-likeness (QED) is 0.911. The molecule has 1 aliphatic rings. The van der Waals surface area contributed by atoms with Gasteiger partial charge in [-0.25, -0.2) is 13.1 Å². The number of hydrogen-bond donors (Lipinski definition) is 1. The van der Waals surface area contributed by atoms with Crippen molar-refractivity contribution < 1.29 is 13.2 Å². The van der Waals surface area contributed by atoms with E-state index in [1.807, 2.05) is 45.0 Å². The van der Waals surface area contributed by atoms with Crippen LogP contribution in [0.25, 0.3) is 0 Å². The molecule has 1 N–H and O–H groups in total. The number of likely N-dealkylation sites (tertiary alicyclic amines) is 1. The van der Waals surface area contributed by atoms with Gasteiger partial charge in [0.05, 0.1) is 11.7 Å². The molecule has 0 aromatic heterocycles. The van der Waals surface area contributed by atoms with Gasteiger partial charge in [0.25, 0.3) is 0 Å². The molecule has 1 saturated heterocycles. The fourth-order valence-electron chi connectivity index (χ4n) is 2.83. The van der Waals surface area contributed by atoms with E-state index in [9.17, 15) is 13.2 Å². The van der Waals surface area contributed by atoms with Gasteiger partial charge in [0.1, 0.15) is 0 Å². The van der Waals surface area contributed by atoms with Crippen LogP contribution in [-0.2, 0) is 20.2 Å². The minimum atomic E-state index is -3.24. The third-order valence-electron chi connectivity index (χ3n) is 4.16. The molecule has 1 aromatic rings. The molecule has 0 radical (unpaired) electrons. The summed E-state index contributed by atoms with van der Waals surface area (Å²) in [5, 5.41) is 0. The number of carbonyl (C=O) groups excluding carboxylic acids is 1. The van der Waals surface area contributed by atoms with Crippen molar-refractivity contribution in [1.82, 2.24) is 9.62 Å². The third-order valence-corrected chi connectivity index (χ3v) is 4.93. The van der Waals surface area contributed by atoms with E-state index >= 15 is 0 Å². The average Bonchev–Trinajstić information content (AvgIpc) is 2.84. The minimum absolute atomic E-state index is 0.0363. The molecule has 6 heteroatoms. The molecule has 5 nitrogen and oxygen atoms in total. The molecule has 0 bridgehead atoms. The molecule has 2 rings (SSSR count). The molecular weight excluding hydrogens is 300 g/mol. The van der Waals surface area contributed by atoms with Gasteiger partial charge in [-0.3, -0.25) is 4.79 Å². The predicted octanol–water partition coefficient (Wildman–Crippen LogP) is 1.42. The summed E-state index contributed by atoms with van der Waals surface area (Å²) in [6.07, 6.45) is 1.80. The Bertz CT molecular complexity index is 650. The lowest BCUT2D eigenvalue weighted by Gasteiger charge is -2.30. The van der Waals surface area contributed by atoms with Crippen LogP contribution in [0.3, 0.4) is 0 Å². The van der Waals surface area contributed by atoms with E-state index in [0.717, 1.165) is 17.4 Å². The Balaban J connectivity index is 2.09. The standard InChI is InChI=1S/C16H24N2O3S/c1-12-5-7-13(8-6-12)16(2,3)15(19)18-10-9-14(11-18)17-22(4,20)21/h5-8,14,17H,9-11H2,1-4H3. The molecule has 0 spiro atoms. The van der Waals surface area contributed by atoms with Crippen molar-refractivity contribution in [2.45, 2.75) is 38.6 Å². The van der Waals surface area contributed by atoms with Crippen molar-refractivity contribution in [3.8, 4) is 0 Å². The fourth-order valence-corrected chi connectivity index (χ4v) is 3.63. The molecule has 122 valence electrons. The lowest BCUT2D eigenvalue weighted by atomic mass is 9.83. The van der Waals surface area contributed by atoms with Crippen LogP contribution in [0.2, 0.25) is 0 Å². The molecule has 1 fully saturated rings. The number of amides is 1. The van der Waals surface area contributed by atoms with Gasteiger partial charge in [0, 0.05) is 19.1 Å². The van der Waals surface area contributed by atoms with Crippen LogP contribution in [-0.4, -0.2) is 44.6 Å². The lowest BCUT2D eigenvalue weighted by molar-refractivity contribution is -0.135. The first-order valence-corrected chi connectivity index (χ1v) is 9.32. The van der Waals surface area contributed by atoms with Gasteiger partial charge in [0.2, 0.25) is 15.9 Å². The van der Waals surface area contributed by atoms with Gasteiger partial charge in [-0.05, 0) is 32.8 Å². The highest BCUT2D eigenvalue weighted by molar-refractivity contribution is 7.88. The topological polar surface area (TPSA) is 66.5 Å². The van der Waals surface area contributed by atoms with Gasteiger partial charge < -0.3 is 4.90 Å². The number of aryl methyl sites for hydroxylation is 1. The van der Waals surface area contributed by atoms with Gasteiger partial charge in [-0.1, -0.05) is 29.8 Å². The summed E-state index contributed by atoms with van der Waals surface area (Å²) < 4.78 is 25.2. The van der Waals surface area contributed by atoms with Crippen molar-refractivity contribution in [1.29, 1.82) is 0 Å². The summed E-state index contributed by atoms with van der Waals surface area (Å²) in [4.78, 5) is 14.6. The van der Waals surface area contributed by atoms with Crippen LogP contribution < -0.4 is 4.72 Å². The Kier molecular flexibility index (Phi) is 4.63. The largest absolute Gasteiger partial charge is 0.340 e. The molecule has 1 unspecified atom stereocenters. The summed E-state index contributed by atoms with van der Waals surface area (Å²) >= 11 is 0. The van der Waals surface area contributed by atoms with Gasteiger partial charge in [-0.15, -0.1) is 0 Å². The van der Waals surface area contributed by atoms with Crippen LogP contribution >= 0.6 is 0 Å². The van der Waals surface area contributed by atoms with E-state index in [1.54, 1.807) is 4.90 Å². The Hall–Kier alpha value is -1.40. The van der Waals surface area contributed by atoms with Gasteiger partial charge in [0.15, 0.2) is 0 Å². The second-order valence-corrected chi connectivity index (χ2v) is 8.40. The normalized spacial score (nSPS) is 19.5. The van der Waals surface area contributed by atoms with Gasteiger partial charge >= 0.3 is 0 Å². The monoisotopic (exact) mass is 324 g/mol. The summed E-state index contributed by atoms with van der Waals surface area (Å²) in [5.41, 5.74) is 1.52. The highest BCUT2D eigenvalue weighted by Gasteiger charge is 2.37. The molecule has 1 amide bonds. The molecule has 1 atom stereocenters. The first kappa shape index (κ1) is 17.0. The number of rotatable bonds is 4. The molecule has 22 heavy (non-hydrogen) atoms. The molecule has 1 aromatic carbocycles. The van der Waals surface area contributed by atoms with E-state index in [0.29, 0.717) is 19.5 Å². The fraction of sp³-hybridized carbons (Fsp3) is 0.562. The van der Waals surface area contributed by atoms with E-state index in [4.69, 9.17) is 0 Å². The Labute approximate surface area is 132 Å². The van der Waals surface area contributed by atoms with E-state index in [-0.39, 0.29) is 11.9 Å². The van der Waals surface area contributed by atoms with Crippen LogP contribution in [0.15, 0.2) is 24.3 Å². The number of carbonyl (C=O) groups is 1. The Morgan fingerprint density at radius 1 is 1.27 bits per heavy atom. The first-order valence-electron chi connectivity index (χ1n) is 7.43. The van der Waals surface area contributed by atoms with E-state index < -0.39 is 15.4 Å². The molecule has 1 heterocycles. The van der Waals surface area contributed by atoms with E-state index in [2.05, 4.69) is 4.72 Å². The average molecular weight is 324 g/mol. The summed E-state index contributed by atoms with van der Waals surface area (Å²) in [6, 6.07) is 7.78. The highest BCUT2D eigenvalue weighted by Crippen LogP contribution is 2.27. The smallest absolute Gasteiger partial charge is 0.232 e. The first-order chi connectivity index (χ1) is 10.1. The second-order valence-electron chi connectivity index (χ2n) is 6.62. The third kappa shape index (κ3) is 3.87. The van der Waals surface area contributed by atoms with Crippen LogP contribution in [0.4, 0.5) is 0 Å². The lowest BCUT2D eigenvalue weighted by Crippen LogP contribution is -2.44. The Morgan fingerprint density at radius 2 is 1.86 bits per heavy atom.